The molecule has 2 aromatic rings. The second-order valence-corrected chi connectivity index (χ2v) is 5.91. The molecule has 1 saturated heterocycles. The zero-order chi connectivity index (χ0) is 17.5. The number of hydrogen-bond donors (Lipinski definition) is 0. The molecule has 134 valence electrons. The normalized spacial score (nSPS) is 17.2. The van der Waals surface area contributed by atoms with Crippen molar-refractivity contribution in [3.05, 3.63) is 30.2 Å². The van der Waals surface area contributed by atoms with E-state index in [-0.39, 0.29) is 18.5 Å². The number of hydrogen-bond acceptors (Lipinski definition) is 7. The highest BCUT2D eigenvalue weighted by molar-refractivity contribution is 5.69. The Balaban J connectivity index is 1.45. The highest BCUT2D eigenvalue weighted by Crippen LogP contribution is 2.20. The Hall–Kier alpha value is -2.41. The number of rotatable bonds is 7. The molecule has 7 nitrogen and oxygen atoms in total. The molecule has 1 aromatic heterocycles. The molecular formula is C18H22N2O5. The van der Waals surface area contributed by atoms with Gasteiger partial charge in [0.25, 0.3) is 0 Å². The van der Waals surface area contributed by atoms with Gasteiger partial charge in [-0.15, -0.1) is 0 Å². The number of methoxy groups -OCH3 is 1. The molecule has 1 unspecified atom stereocenters. The van der Waals surface area contributed by atoms with E-state index < -0.39 is 0 Å². The lowest BCUT2D eigenvalue weighted by atomic mass is 10.1. The van der Waals surface area contributed by atoms with Crippen LogP contribution in [0.1, 0.15) is 31.6 Å². The molecule has 2 heterocycles. The molecule has 0 bridgehead atoms. The lowest BCUT2D eigenvalue weighted by Crippen LogP contribution is -2.26. The Labute approximate surface area is 146 Å². The molecule has 0 radical (unpaired) electrons. The molecule has 1 aromatic carbocycles. The van der Waals surface area contributed by atoms with Crippen LogP contribution in [-0.2, 0) is 20.7 Å². The van der Waals surface area contributed by atoms with E-state index in [4.69, 9.17) is 18.7 Å². The summed E-state index contributed by atoms with van der Waals surface area (Å²) >= 11 is 0. The smallest absolute Gasteiger partial charge is 0.306 e. The monoisotopic (exact) mass is 346 g/mol. The largest absolute Gasteiger partial charge is 0.497 e. The minimum Gasteiger partial charge on any atom is -0.497 e. The number of nitrogens with zero attached hydrogens (tertiary/aromatic N) is 2. The number of esters is 1. The van der Waals surface area contributed by atoms with Gasteiger partial charge in [0, 0.05) is 18.6 Å². The Morgan fingerprint density at radius 2 is 2.12 bits per heavy atom. The summed E-state index contributed by atoms with van der Waals surface area (Å²) in [5, 5.41) is 3.94. The Bertz CT molecular complexity index is 677. The highest BCUT2D eigenvalue weighted by Gasteiger charge is 2.17. The van der Waals surface area contributed by atoms with Crippen LogP contribution in [0.3, 0.4) is 0 Å². The fourth-order valence-electron chi connectivity index (χ4n) is 2.62. The van der Waals surface area contributed by atoms with Crippen LogP contribution >= 0.6 is 0 Å². The van der Waals surface area contributed by atoms with Crippen LogP contribution < -0.4 is 4.74 Å². The molecule has 0 N–H and O–H groups in total. The van der Waals surface area contributed by atoms with Crippen molar-refractivity contribution in [3.8, 4) is 17.1 Å². The number of aryl methyl sites for hydroxylation is 1. The van der Waals surface area contributed by atoms with Gasteiger partial charge in [-0.3, -0.25) is 4.79 Å². The van der Waals surface area contributed by atoms with Crippen molar-refractivity contribution in [2.45, 2.75) is 38.2 Å². The summed E-state index contributed by atoms with van der Waals surface area (Å²) in [5.41, 5.74) is 0.827. The molecule has 1 aliphatic heterocycles. The van der Waals surface area contributed by atoms with Gasteiger partial charge in [0.05, 0.1) is 19.6 Å². The van der Waals surface area contributed by atoms with Crippen LogP contribution in [0.5, 0.6) is 5.75 Å². The summed E-state index contributed by atoms with van der Waals surface area (Å²) in [6.45, 7) is 1.07. The lowest BCUT2D eigenvalue weighted by Gasteiger charge is -2.21. The number of carbonyl (C=O) groups is 1. The first-order chi connectivity index (χ1) is 12.2. The van der Waals surface area contributed by atoms with Gasteiger partial charge in [-0.25, -0.2) is 0 Å². The molecule has 3 rings (SSSR count). The lowest BCUT2D eigenvalue weighted by molar-refractivity contribution is -0.149. The Morgan fingerprint density at radius 3 is 2.84 bits per heavy atom. The summed E-state index contributed by atoms with van der Waals surface area (Å²) in [4.78, 5) is 16.1. The van der Waals surface area contributed by atoms with E-state index in [2.05, 4.69) is 10.1 Å². The summed E-state index contributed by atoms with van der Waals surface area (Å²) in [6, 6.07) is 7.37. The Kier molecular flexibility index (Phi) is 6.00. The van der Waals surface area contributed by atoms with Gasteiger partial charge in [0.15, 0.2) is 0 Å². The standard InChI is InChI=1S/C18H22N2O5/c1-22-14-7-5-13(6-8-14)18-19-16(25-20-18)9-10-17(21)24-12-15-4-2-3-11-23-15/h5-8,15H,2-4,9-12H2,1H3. The summed E-state index contributed by atoms with van der Waals surface area (Å²) < 4.78 is 21.1. The van der Waals surface area contributed by atoms with Crippen LogP contribution in [0.25, 0.3) is 11.4 Å². The fourth-order valence-corrected chi connectivity index (χ4v) is 2.62. The third kappa shape index (κ3) is 5.03. The molecule has 1 fully saturated rings. The predicted molar refractivity (Wildman–Crippen MR) is 89.2 cm³/mol. The van der Waals surface area contributed by atoms with Gasteiger partial charge in [-0.1, -0.05) is 5.16 Å². The average molecular weight is 346 g/mol. The zero-order valence-electron chi connectivity index (χ0n) is 14.3. The topological polar surface area (TPSA) is 83.7 Å². The highest BCUT2D eigenvalue weighted by atomic mass is 16.6. The maximum absolute atomic E-state index is 11.8. The van der Waals surface area contributed by atoms with Crippen LogP contribution in [0.2, 0.25) is 0 Å². The van der Waals surface area contributed by atoms with Gasteiger partial charge >= 0.3 is 5.97 Å². The van der Waals surface area contributed by atoms with E-state index >= 15 is 0 Å². The van der Waals surface area contributed by atoms with E-state index in [1.165, 1.54) is 0 Å². The summed E-state index contributed by atoms with van der Waals surface area (Å²) in [7, 11) is 1.61. The third-order valence-electron chi connectivity index (χ3n) is 4.06. The molecule has 7 heteroatoms. The second kappa shape index (κ2) is 8.62. The van der Waals surface area contributed by atoms with Crippen LogP contribution in [0, 0.1) is 0 Å². The van der Waals surface area contributed by atoms with Gasteiger partial charge < -0.3 is 18.7 Å². The average Bonchev–Trinajstić information content (AvgIpc) is 3.14. The molecule has 0 spiro atoms. The second-order valence-electron chi connectivity index (χ2n) is 5.91. The zero-order valence-corrected chi connectivity index (χ0v) is 14.3. The number of ether oxygens (including phenoxy) is 3. The van der Waals surface area contributed by atoms with Crippen molar-refractivity contribution in [2.24, 2.45) is 0 Å². The first kappa shape index (κ1) is 17.4. The quantitative estimate of drug-likeness (QED) is 0.713. The van der Waals surface area contributed by atoms with Crippen molar-refractivity contribution in [3.63, 3.8) is 0 Å². The van der Waals surface area contributed by atoms with Crippen molar-refractivity contribution < 1.29 is 23.5 Å². The first-order valence-electron chi connectivity index (χ1n) is 8.49. The first-order valence-corrected chi connectivity index (χ1v) is 8.49. The van der Waals surface area contributed by atoms with E-state index in [0.717, 1.165) is 37.2 Å². The van der Waals surface area contributed by atoms with E-state index in [1.54, 1.807) is 7.11 Å². The third-order valence-corrected chi connectivity index (χ3v) is 4.06. The molecular weight excluding hydrogens is 324 g/mol. The van der Waals surface area contributed by atoms with Crippen molar-refractivity contribution >= 4 is 5.97 Å². The molecule has 1 aliphatic rings. The van der Waals surface area contributed by atoms with Gasteiger partial charge in [-0.05, 0) is 43.5 Å². The molecule has 0 amide bonds. The van der Waals surface area contributed by atoms with Gasteiger partial charge in [-0.2, -0.15) is 4.98 Å². The van der Waals surface area contributed by atoms with E-state index in [0.29, 0.717) is 24.7 Å². The van der Waals surface area contributed by atoms with Crippen LogP contribution in [0.4, 0.5) is 0 Å². The Morgan fingerprint density at radius 1 is 1.28 bits per heavy atom. The summed E-state index contributed by atoms with van der Waals surface area (Å²) in [6.07, 6.45) is 3.74. The number of carbonyl (C=O) groups excluding carboxylic acids is 1. The van der Waals surface area contributed by atoms with E-state index in [9.17, 15) is 4.79 Å². The van der Waals surface area contributed by atoms with Crippen LogP contribution in [0.15, 0.2) is 28.8 Å². The van der Waals surface area contributed by atoms with Crippen molar-refractivity contribution in [1.29, 1.82) is 0 Å². The van der Waals surface area contributed by atoms with Gasteiger partial charge in [0.2, 0.25) is 11.7 Å². The molecule has 25 heavy (non-hydrogen) atoms. The van der Waals surface area contributed by atoms with Crippen LogP contribution in [-0.4, -0.2) is 42.5 Å². The van der Waals surface area contributed by atoms with Crippen molar-refractivity contribution in [2.75, 3.05) is 20.3 Å². The minimum absolute atomic E-state index is 0.0304. The predicted octanol–water partition coefficient (Wildman–Crippen LogP) is 2.79. The maximum Gasteiger partial charge on any atom is 0.306 e. The molecule has 0 aliphatic carbocycles. The minimum atomic E-state index is -0.279. The molecule has 1 atom stereocenters. The summed E-state index contributed by atoms with van der Waals surface area (Å²) in [5.74, 6) is 1.38. The van der Waals surface area contributed by atoms with Gasteiger partial charge in [0.1, 0.15) is 12.4 Å². The number of benzene rings is 1. The van der Waals surface area contributed by atoms with Crippen molar-refractivity contribution in [1.82, 2.24) is 10.1 Å². The molecule has 0 saturated carbocycles. The SMILES string of the molecule is COc1ccc(-c2noc(CCC(=O)OCC3CCCCO3)n2)cc1. The maximum atomic E-state index is 11.8. The van der Waals surface area contributed by atoms with E-state index in [1.807, 2.05) is 24.3 Å². The number of aromatic nitrogens is 2. The fraction of sp³-hybridized carbons (Fsp3) is 0.500.